The summed E-state index contributed by atoms with van der Waals surface area (Å²) >= 11 is 0. The normalized spacial score (nSPS) is 13.7. The van der Waals surface area contributed by atoms with Gasteiger partial charge in [-0.15, -0.1) is 0 Å². The van der Waals surface area contributed by atoms with Crippen molar-refractivity contribution in [2.45, 2.75) is 12.3 Å². The molecule has 0 saturated heterocycles. The van der Waals surface area contributed by atoms with Crippen molar-refractivity contribution in [3.05, 3.63) is 138 Å². The number of carbonyl (C=O) groups is 1. The SMILES string of the molecule is C=CC(=O)OCCOc1ccc(C2(/C(C=C)=C/C=C(\C)OCCO)c3ccccc3-c3ccccc32)cc1. The number of hydrogen-bond acceptors (Lipinski definition) is 5. The fraction of sp³-hybridized carbons (Fsp3) is 0.182. The Morgan fingerprint density at radius 3 is 2.03 bits per heavy atom. The second-order valence-electron chi connectivity index (χ2n) is 8.76. The molecule has 0 saturated carbocycles. The van der Waals surface area contributed by atoms with Crippen LogP contribution in [0.5, 0.6) is 5.75 Å². The molecule has 4 rings (SSSR count). The van der Waals surface area contributed by atoms with Crippen molar-refractivity contribution in [3.63, 3.8) is 0 Å². The van der Waals surface area contributed by atoms with Crippen LogP contribution in [0.15, 0.2) is 122 Å². The van der Waals surface area contributed by atoms with Gasteiger partial charge in [0.25, 0.3) is 0 Å². The third-order valence-electron chi connectivity index (χ3n) is 6.57. The van der Waals surface area contributed by atoms with Gasteiger partial charge >= 0.3 is 5.97 Å². The van der Waals surface area contributed by atoms with E-state index in [0.29, 0.717) is 11.5 Å². The fourth-order valence-electron chi connectivity index (χ4n) is 4.99. The van der Waals surface area contributed by atoms with Gasteiger partial charge in [-0.2, -0.15) is 0 Å². The van der Waals surface area contributed by atoms with Gasteiger partial charge in [-0.05, 0) is 58.5 Å². The fourth-order valence-corrected chi connectivity index (χ4v) is 4.99. The van der Waals surface area contributed by atoms with E-state index in [9.17, 15) is 4.79 Å². The van der Waals surface area contributed by atoms with E-state index in [1.54, 1.807) is 0 Å². The van der Waals surface area contributed by atoms with Crippen molar-refractivity contribution in [2.75, 3.05) is 26.4 Å². The third-order valence-corrected chi connectivity index (χ3v) is 6.57. The van der Waals surface area contributed by atoms with Crippen LogP contribution in [0, 0.1) is 0 Å². The number of aliphatic hydroxyl groups is 1. The Kier molecular flexibility index (Phi) is 8.62. The van der Waals surface area contributed by atoms with Crippen LogP contribution in [0.2, 0.25) is 0 Å². The van der Waals surface area contributed by atoms with E-state index in [-0.39, 0.29) is 26.4 Å². The highest BCUT2D eigenvalue weighted by Crippen LogP contribution is 2.56. The monoisotopic (exact) mass is 508 g/mol. The van der Waals surface area contributed by atoms with Gasteiger partial charge in [-0.25, -0.2) is 4.79 Å². The van der Waals surface area contributed by atoms with Gasteiger partial charge in [0.05, 0.1) is 17.8 Å². The molecule has 0 aromatic heterocycles. The molecule has 0 atom stereocenters. The zero-order valence-electron chi connectivity index (χ0n) is 21.6. The molecule has 1 N–H and O–H groups in total. The zero-order chi connectivity index (χ0) is 27.0. The van der Waals surface area contributed by atoms with E-state index < -0.39 is 11.4 Å². The van der Waals surface area contributed by atoms with Gasteiger partial charge in [0.1, 0.15) is 25.6 Å². The lowest BCUT2D eigenvalue weighted by atomic mass is 9.67. The van der Waals surface area contributed by atoms with Crippen molar-refractivity contribution in [3.8, 4) is 16.9 Å². The van der Waals surface area contributed by atoms with Crippen LogP contribution in [0.25, 0.3) is 11.1 Å². The summed E-state index contributed by atoms with van der Waals surface area (Å²) in [6, 6.07) is 24.9. The number of esters is 1. The average molecular weight is 509 g/mol. The number of allylic oxidation sites excluding steroid dienone is 5. The molecular formula is C33H32O5. The number of fused-ring (bicyclic) bond motifs is 3. The van der Waals surface area contributed by atoms with Gasteiger partial charge in [0.15, 0.2) is 0 Å². The van der Waals surface area contributed by atoms with Crippen LogP contribution in [-0.2, 0) is 19.7 Å². The molecule has 5 nitrogen and oxygen atoms in total. The molecule has 0 fully saturated rings. The molecule has 38 heavy (non-hydrogen) atoms. The van der Waals surface area contributed by atoms with Crippen LogP contribution in [0.4, 0.5) is 0 Å². The van der Waals surface area contributed by atoms with Crippen molar-refractivity contribution < 1.29 is 24.1 Å². The first-order chi connectivity index (χ1) is 18.6. The first kappa shape index (κ1) is 26.7. The van der Waals surface area contributed by atoms with E-state index in [1.165, 1.54) is 22.3 Å². The van der Waals surface area contributed by atoms with Gasteiger partial charge in [0.2, 0.25) is 0 Å². The molecule has 0 radical (unpaired) electrons. The lowest BCUT2D eigenvalue weighted by Crippen LogP contribution is -2.29. The summed E-state index contributed by atoms with van der Waals surface area (Å²) in [5, 5.41) is 9.13. The third kappa shape index (κ3) is 5.20. The predicted octanol–water partition coefficient (Wildman–Crippen LogP) is 6.13. The highest BCUT2D eigenvalue weighted by molar-refractivity contribution is 5.86. The largest absolute Gasteiger partial charge is 0.496 e. The highest BCUT2D eigenvalue weighted by atomic mass is 16.6. The molecule has 0 aliphatic heterocycles. The molecule has 194 valence electrons. The summed E-state index contributed by atoms with van der Waals surface area (Å²) in [6.07, 6.45) is 6.98. The molecule has 0 spiro atoms. The van der Waals surface area contributed by atoms with Gasteiger partial charge < -0.3 is 19.3 Å². The molecule has 3 aromatic carbocycles. The maximum absolute atomic E-state index is 11.3. The van der Waals surface area contributed by atoms with Gasteiger partial charge in [-0.1, -0.05) is 86.0 Å². The first-order valence-corrected chi connectivity index (χ1v) is 12.5. The molecular weight excluding hydrogens is 476 g/mol. The molecule has 1 aliphatic carbocycles. The van der Waals surface area contributed by atoms with Gasteiger partial charge in [-0.3, -0.25) is 0 Å². The Hall–Kier alpha value is -4.35. The van der Waals surface area contributed by atoms with Crippen molar-refractivity contribution >= 4 is 5.97 Å². The Balaban J connectivity index is 1.80. The molecule has 5 heteroatoms. The van der Waals surface area contributed by atoms with Crippen molar-refractivity contribution in [1.82, 2.24) is 0 Å². The number of hydrogen-bond donors (Lipinski definition) is 1. The smallest absolute Gasteiger partial charge is 0.330 e. The number of aliphatic hydroxyl groups excluding tert-OH is 1. The maximum atomic E-state index is 11.3. The predicted molar refractivity (Wildman–Crippen MR) is 150 cm³/mol. The highest BCUT2D eigenvalue weighted by Gasteiger charge is 2.46. The molecule has 0 bridgehead atoms. The Labute approximate surface area is 224 Å². The van der Waals surface area contributed by atoms with Crippen LogP contribution in [0.1, 0.15) is 23.6 Å². The topological polar surface area (TPSA) is 65.0 Å². The summed E-state index contributed by atoms with van der Waals surface area (Å²) in [4.78, 5) is 11.3. The van der Waals surface area contributed by atoms with Gasteiger partial charge in [0, 0.05) is 6.08 Å². The lowest BCUT2D eigenvalue weighted by molar-refractivity contribution is -0.138. The zero-order valence-corrected chi connectivity index (χ0v) is 21.6. The molecule has 1 aliphatic rings. The van der Waals surface area contributed by atoms with Crippen LogP contribution < -0.4 is 4.74 Å². The Morgan fingerprint density at radius 2 is 1.45 bits per heavy atom. The van der Waals surface area contributed by atoms with E-state index in [0.717, 1.165) is 17.2 Å². The maximum Gasteiger partial charge on any atom is 0.330 e. The summed E-state index contributed by atoms with van der Waals surface area (Å²) in [5.41, 5.74) is 6.13. The van der Waals surface area contributed by atoms with Crippen molar-refractivity contribution in [2.24, 2.45) is 0 Å². The first-order valence-electron chi connectivity index (χ1n) is 12.5. The van der Waals surface area contributed by atoms with E-state index in [4.69, 9.17) is 19.3 Å². The lowest BCUT2D eigenvalue weighted by Gasteiger charge is -2.34. The number of rotatable bonds is 12. The minimum Gasteiger partial charge on any atom is -0.496 e. The quantitative estimate of drug-likeness (QED) is 0.105. The second kappa shape index (κ2) is 12.3. The molecule has 0 amide bonds. The molecule has 3 aromatic rings. The minimum absolute atomic E-state index is 0.0427. The second-order valence-corrected chi connectivity index (χ2v) is 8.76. The standard InChI is InChI=1S/C33H32O5/c1-4-25(15-14-24(3)36-21-20-34)33(26-16-18-27(19-17-26)37-22-23-38-32(35)5-2)30-12-8-6-10-28(30)29-11-7-9-13-31(29)33/h4-19,34H,1-2,20-23H2,3H3/b24-14+,25-15+. The Bertz CT molecular complexity index is 1320. The summed E-state index contributed by atoms with van der Waals surface area (Å²) in [5.74, 6) is 0.906. The van der Waals surface area contributed by atoms with Crippen LogP contribution in [-0.4, -0.2) is 37.5 Å². The average Bonchev–Trinajstić information content (AvgIpc) is 3.26. The van der Waals surface area contributed by atoms with Crippen LogP contribution in [0.3, 0.4) is 0 Å². The number of ether oxygens (including phenoxy) is 3. The minimum atomic E-state index is -0.610. The molecule has 0 heterocycles. The summed E-state index contributed by atoms with van der Waals surface area (Å²) in [6.45, 7) is 10.0. The number of carbonyl (C=O) groups excluding carboxylic acids is 1. The summed E-state index contributed by atoms with van der Waals surface area (Å²) in [7, 11) is 0. The Morgan fingerprint density at radius 1 is 0.816 bits per heavy atom. The van der Waals surface area contributed by atoms with Crippen molar-refractivity contribution in [1.29, 1.82) is 0 Å². The van der Waals surface area contributed by atoms with E-state index in [1.807, 2.05) is 37.3 Å². The van der Waals surface area contributed by atoms with Crippen LogP contribution >= 0.6 is 0 Å². The molecule has 0 unspecified atom stereocenters. The van der Waals surface area contributed by atoms with E-state index >= 15 is 0 Å². The van der Waals surface area contributed by atoms with E-state index in [2.05, 4.69) is 73.8 Å². The number of benzene rings is 3. The summed E-state index contributed by atoms with van der Waals surface area (Å²) < 4.78 is 16.4.